The number of carbonyl (C=O) groups excluding carboxylic acids is 2. The third-order valence-electron chi connectivity index (χ3n) is 8.60. The van der Waals surface area contributed by atoms with Crippen LogP contribution in [0.1, 0.15) is 34.0 Å². The first-order valence-electron chi connectivity index (χ1n) is 15.7. The van der Waals surface area contributed by atoms with E-state index >= 15 is 0 Å². The zero-order valence-electron chi connectivity index (χ0n) is 26.3. The molecule has 50 heavy (non-hydrogen) atoms. The number of ketones is 1. The van der Waals surface area contributed by atoms with Crippen LogP contribution in [0.25, 0.3) is 6.08 Å². The van der Waals surface area contributed by atoms with E-state index in [0.29, 0.717) is 16.7 Å². The Hall–Kier alpha value is -4.58. The first kappa shape index (κ1) is 35.3. The van der Waals surface area contributed by atoms with Gasteiger partial charge in [-0.1, -0.05) is 24.3 Å². The minimum Gasteiger partial charge on any atom is -0.508 e. The molecule has 3 aromatic carbocycles. The van der Waals surface area contributed by atoms with Crippen molar-refractivity contribution in [3.05, 3.63) is 89.5 Å². The molecule has 15 nitrogen and oxygen atoms in total. The summed E-state index contributed by atoms with van der Waals surface area (Å²) in [4.78, 5) is 24.9. The second-order valence-electron chi connectivity index (χ2n) is 12.2. The molecule has 0 spiro atoms. The predicted molar refractivity (Wildman–Crippen MR) is 169 cm³/mol. The smallest absolute Gasteiger partial charge is 0.330 e. The van der Waals surface area contributed by atoms with Gasteiger partial charge in [-0.25, -0.2) is 4.79 Å². The summed E-state index contributed by atoms with van der Waals surface area (Å²) in [5.74, 6) is -0.515. The first-order valence-corrected chi connectivity index (χ1v) is 15.7. The molecule has 0 amide bonds. The van der Waals surface area contributed by atoms with Crippen molar-refractivity contribution in [2.45, 2.75) is 61.2 Å². The lowest BCUT2D eigenvalue weighted by atomic mass is 9.96. The summed E-state index contributed by atoms with van der Waals surface area (Å²) in [6.07, 6.45) is -9.03. The van der Waals surface area contributed by atoms with Crippen LogP contribution >= 0.6 is 0 Å². The molecule has 6 rings (SSSR count). The fourth-order valence-electron chi connectivity index (χ4n) is 5.74. The number of fused-ring (bicyclic) bond motifs is 1. The van der Waals surface area contributed by atoms with Gasteiger partial charge in [-0.2, -0.15) is 0 Å². The molecule has 2 fully saturated rings. The van der Waals surface area contributed by atoms with Crippen LogP contribution in [-0.2, 0) is 23.7 Å². The molecule has 3 aliphatic heterocycles. The average Bonchev–Trinajstić information content (AvgIpc) is 3.39. The van der Waals surface area contributed by atoms with E-state index < -0.39 is 80.6 Å². The molecule has 0 saturated carbocycles. The SMILES string of the molecule is O=C(/C=C/c1ccc(O)cc1)OC[C@]1(O)CO[C@H](O[C@H]2[C@H](Oc3ccc([C@H]4CC(=O)c5ccc(O)cc5O4)cc3)O[C@H](CO)[C@@H](O)[C@@H]2O)[C@H]1O. The summed E-state index contributed by atoms with van der Waals surface area (Å²) in [6, 6.07) is 16.6. The average molecular weight is 697 g/mol. The molecule has 15 heteroatoms. The molecule has 2 saturated heterocycles. The van der Waals surface area contributed by atoms with Crippen molar-refractivity contribution < 1.29 is 73.8 Å². The molecule has 0 radical (unpaired) electrons. The third kappa shape index (κ3) is 7.60. The summed E-state index contributed by atoms with van der Waals surface area (Å²) in [5, 5.41) is 72.4. The lowest BCUT2D eigenvalue weighted by Gasteiger charge is -2.42. The fourth-order valence-corrected chi connectivity index (χ4v) is 5.74. The molecule has 3 heterocycles. The van der Waals surface area contributed by atoms with Crippen LogP contribution < -0.4 is 9.47 Å². The highest BCUT2D eigenvalue weighted by molar-refractivity contribution is 6.00. The largest absolute Gasteiger partial charge is 0.508 e. The minimum absolute atomic E-state index is 0.0436. The Balaban J connectivity index is 1.10. The molecule has 3 aromatic rings. The summed E-state index contributed by atoms with van der Waals surface area (Å²) >= 11 is 0. The van der Waals surface area contributed by atoms with Gasteiger partial charge in [-0.15, -0.1) is 0 Å². The Morgan fingerprint density at radius 1 is 0.940 bits per heavy atom. The summed E-state index contributed by atoms with van der Waals surface area (Å²) in [5.41, 5.74) is -0.508. The standard InChI is InChI=1S/C35H36O15/c36-15-27-29(41)30(42)31(50-34-32(43)35(44,17-46-34)16-45-28(40)12-3-18-1-6-20(37)7-2-18)33(49-27)47-22-9-4-19(5-10-22)25-14-24(39)23-11-8-21(38)13-26(23)48-25/h1-13,25,27,29-34,36-38,41-44H,14-17H2/b12-3+/t25-,27-,29-,30+,31-,32-,33-,34-,35+/m1/s1. The van der Waals surface area contributed by atoms with Crippen molar-refractivity contribution in [3.8, 4) is 23.0 Å². The number of esters is 1. The summed E-state index contributed by atoms with van der Waals surface area (Å²) < 4.78 is 33.9. The number of phenols is 2. The van der Waals surface area contributed by atoms with Gasteiger partial charge in [0.15, 0.2) is 23.8 Å². The van der Waals surface area contributed by atoms with Crippen LogP contribution in [0.15, 0.2) is 72.8 Å². The van der Waals surface area contributed by atoms with Crippen molar-refractivity contribution in [2.24, 2.45) is 0 Å². The number of benzene rings is 3. The highest BCUT2D eigenvalue weighted by Crippen LogP contribution is 2.38. The molecule has 0 aromatic heterocycles. The maximum atomic E-state index is 12.7. The predicted octanol–water partition coefficient (Wildman–Crippen LogP) is 0.712. The van der Waals surface area contributed by atoms with E-state index in [1.54, 1.807) is 24.3 Å². The molecule has 0 aliphatic carbocycles. The monoisotopic (exact) mass is 696 g/mol. The molecule has 266 valence electrons. The van der Waals surface area contributed by atoms with Crippen molar-refractivity contribution in [1.29, 1.82) is 0 Å². The van der Waals surface area contributed by atoms with Gasteiger partial charge in [0.2, 0.25) is 6.29 Å². The van der Waals surface area contributed by atoms with Crippen LogP contribution in [0.2, 0.25) is 0 Å². The Kier molecular flexibility index (Phi) is 10.4. The third-order valence-corrected chi connectivity index (χ3v) is 8.60. The fraction of sp³-hybridized carbons (Fsp3) is 0.371. The van der Waals surface area contributed by atoms with Gasteiger partial charge in [0.05, 0.1) is 25.2 Å². The molecular formula is C35H36O15. The molecular weight excluding hydrogens is 660 g/mol. The Bertz CT molecular complexity index is 1690. The van der Waals surface area contributed by atoms with E-state index in [0.717, 1.165) is 6.08 Å². The molecule has 7 N–H and O–H groups in total. The number of hydrogen-bond donors (Lipinski definition) is 7. The van der Waals surface area contributed by atoms with Crippen molar-refractivity contribution in [1.82, 2.24) is 0 Å². The van der Waals surface area contributed by atoms with E-state index in [1.165, 1.54) is 48.5 Å². The van der Waals surface area contributed by atoms with Gasteiger partial charge in [0.25, 0.3) is 0 Å². The highest BCUT2D eigenvalue weighted by atomic mass is 16.8. The zero-order chi connectivity index (χ0) is 35.6. The number of carbonyl (C=O) groups is 2. The van der Waals surface area contributed by atoms with Gasteiger partial charge in [-0.3, -0.25) is 4.79 Å². The maximum absolute atomic E-state index is 12.7. The second-order valence-corrected chi connectivity index (χ2v) is 12.2. The lowest BCUT2D eigenvalue weighted by Crippen LogP contribution is -2.62. The van der Waals surface area contributed by atoms with E-state index in [-0.39, 0.29) is 35.2 Å². The number of aliphatic hydroxyl groups excluding tert-OH is 4. The second kappa shape index (κ2) is 14.7. The zero-order valence-corrected chi connectivity index (χ0v) is 26.3. The normalized spacial score (nSPS) is 30.9. The Morgan fingerprint density at radius 2 is 1.66 bits per heavy atom. The van der Waals surface area contributed by atoms with Gasteiger partial charge in [-0.05, 0) is 53.6 Å². The summed E-state index contributed by atoms with van der Waals surface area (Å²) in [6.45, 7) is -1.88. The van der Waals surface area contributed by atoms with Crippen LogP contribution in [0.3, 0.4) is 0 Å². The maximum Gasteiger partial charge on any atom is 0.330 e. The van der Waals surface area contributed by atoms with Crippen molar-refractivity contribution in [3.63, 3.8) is 0 Å². The van der Waals surface area contributed by atoms with Crippen LogP contribution in [0, 0.1) is 0 Å². The van der Waals surface area contributed by atoms with Crippen LogP contribution in [0.5, 0.6) is 23.0 Å². The number of aliphatic hydroxyl groups is 5. The minimum atomic E-state index is -2.10. The van der Waals surface area contributed by atoms with E-state index in [2.05, 4.69) is 0 Å². The number of hydrogen-bond acceptors (Lipinski definition) is 15. The lowest BCUT2D eigenvalue weighted by molar-refractivity contribution is -0.318. The number of ether oxygens (including phenoxy) is 6. The highest BCUT2D eigenvalue weighted by Gasteiger charge is 2.54. The van der Waals surface area contributed by atoms with E-state index in [9.17, 15) is 45.3 Å². The number of Topliss-reactive ketones (excluding diaryl/α,β-unsaturated/α-hetero) is 1. The quantitative estimate of drug-likeness (QED) is 0.114. The number of rotatable bonds is 10. The topological polar surface area (TPSA) is 231 Å². The van der Waals surface area contributed by atoms with Gasteiger partial charge in [0, 0.05) is 12.1 Å². The Labute approximate surface area is 285 Å². The number of aromatic hydroxyl groups is 2. The molecule has 0 unspecified atom stereocenters. The van der Waals surface area contributed by atoms with E-state index in [4.69, 9.17) is 28.4 Å². The first-order chi connectivity index (χ1) is 23.9. The van der Waals surface area contributed by atoms with Gasteiger partial charge >= 0.3 is 5.97 Å². The van der Waals surface area contributed by atoms with Crippen LogP contribution in [-0.4, -0.2) is 116 Å². The molecule has 9 atom stereocenters. The van der Waals surface area contributed by atoms with Crippen LogP contribution in [0.4, 0.5) is 0 Å². The Morgan fingerprint density at radius 3 is 2.38 bits per heavy atom. The summed E-state index contributed by atoms with van der Waals surface area (Å²) in [7, 11) is 0. The molecule has 0 bridgehead atoms. The van der Waals surface area contributed by atoms with Gasteiger partial charge in [0.1, 0.15) is 60.1 Å². The van der Waals surface area contributed by atoms with Crippen molar-refractivity contribution in [2.75, 3.05) is 19.8 Å². The van der Waals surface area contributed by atoms with Gasteiger partial charge < -0.3 is 64.2 Å². The number of phenolic OH excluding ortho intramolecular Hbond substituents is 2. The van der Waals surface area contributed by atoms with Crippen molar-refractivity contribution >= 4 is 17.8 Å². The molecule has 3 aliphatic rings. The van der Waals surface area contributed by atoms with E-state index in [1.807, 2.05) is 0 Å².